The smallest absolute Gasteiger partial charge is 0.207 e. The number of hydrogen-bond donors (Lipinski definition) is 0. The summed E-state index contributed by atoms with van der Waals surface area (Å²) >= 11 is 3.32. The van der Waals surface area contributed by atoms with Crippen LogP contribution in [0.2, 0.25) is 0 Å². The minimum absolute atomic E-state index is 0.668. The lowest BCUT2D eigenvalue weighted by atomic mass is 10.3. The van der Waals surface area contributed by atoms with Gasteiger partial charge in [0.25, 0.3) is 0 Å². The lowest BCUT2D eigenvalue weighted by molar-refractivity contribution is -0.688. The largest absolute Gasteiger partial charge is 0.692 e. The zero-order chi connectivity index (χ0) is 9.26. The molecular weight excluding hydrogens is 234 g/mol. The van der Waals surface area contributed by atoms with Gasteiger partial charge in [-0.2, -0.15) is 4.85 Å². The molecule has 5 heteroatoms. The molecule has 0 N–H and O–H groups in total. The SMILES string of the molecule is [O-][n+]1ccnn1-c1cccc(Br)c1. The van der Waals surface area contributed by atoms with Crippen molar-refractivity contribution in [2.45, 2.75) is 0 Å². The number of aromatic nitrogens is 3. The average Bonchev–Trinajstić information content (AvgIpc) is 2.51. The van der Waals surface area contributed by atoms with Gasteiger partial charge in [0.2, 0.25) is 6.20 Å². The number of halogens is 1. The molecule has 1 heterocycles. The summed E-state index contributed by atoms with van der Waals surface area (Å²) in [5, 5.41) is 15.0. The Labute approximate surface area is 83.1 Å². The van der Waals surface area contributed by atoms with Crippen molar-refractivity contribution in [3.8, 4) is 5.69 Å². The van der Waals surface area contributed by atoms with E-state index in [1.54, 1.807) is 0 Å². The highest BCUT2D eigenvalue weighted by atomic mass is 79.9. The molecule has 1 aromatic carbocycles. The maximum atomic E-state index is 11.1. The van der Waals surface area contributed by atoms with Crippen LogP contribution in [0.15, 0.2) is 41.1 Å². The summed E-state index contributed by atoms with van der Waals surface area (Å²) in [5.74, 6) is 0. The highest BCUT2D eigenvalue weighted by molar-refractivity contribution is 9.10. The van der Waals surface area contributed by atoms with Gasteiger partial charge in [-0.1, -0.05) is 22.0 Å². The Kier molecular flexibility index (Phi) is 2.02. The molecule has 0 saturated carbocycles. The summed E-state index contributed by atoms with van der Waals surface area (Å²) in [5.41, 5.74) is 0.731. The molecule has 2 aromatic rings. The lowest BCUT2D eigenvalue weighted by Crippen LogP contribution is -2.36. The van der Waals surface area contributed by atoms with Gasteiger partial charge >= 0.3 is 0 Å². The first-order valence-corrected chi connectivity index (χ1v) is 4.46. The zero-order valence-corrected chi connectivity index (χ0v) is 8.18. The Morgan fingerprint density at radius 1 is 1.46 bits per heavy atom. The third-order valence-corrected chi connectivity index (χ3v) is 2.09. The highest BCUT2D eigenvalue weighted by Crippen LogP contribution is 2.12. The van der Waals surface area contributed by atoms with E-state index in [0.717, 1.165) is 10.2 Å². The van der Waals surface area contributed by atoms with Crippen LogP contribution >= 0.6 is 15.9 Å². The second-order valence-corrected chi connectivity index (χ2v) is 3.40. The second-order valence-electron chi connectivity index (χ2n) is 2.49. The van der Waals surface area contributed by atoms with Crippen molar-refractivity contribution in [2.24, 2.45) is 0 Å². The molecule has 0 aliphatic heterocycles. The van der Waals surface area contributed by atoms with E-state index in [4.69, 9.17) is 0 Å². The van der Waals surface area contributed by atoms with E-state index in [-0.39, 0.29) is 0 Å². The van der Waals surface area contributed by atoms with Crippen molar-refractivity contribution >= 4 is 15.9 Å². The van der Waals surface area contributed by atoms with Crippen LogP contribution < -0.4 is 4.85 Å². The van der Waals surface area contributed by atoms with E-state index in [1.807, 2.05) is 24.3 Å². The summed E-state index contributed by atoms with van der Waals surface area (Å²) in [6.07, 6.45) is 2.80. The van der Waals surface area contributed by atoms with Gasteiger partial charge < -0.3 is 5.21 Å². The fourth-order valence-electron chi connectivity index (χ4n) is 1.05. The standard InChI is InChI=1S/C8H6BrN3O/c9-7-2-1-3-8(6-7)12-10-4-5-11(12)13/h1-6H. The van der Waals surface area contributed by atoms with Gasteiger partial charge in [0.15, 0.2) is 6.20 Å². The maximum absolute atomic E-state index is 11.1. The minimum atomic E-state index is 0.668. The summed E-state index contributed by atoms with van der Waals surface area (Å²) in [6, 6.07) is 7.37. The van der Waals surface area contributed by atoms with Gasteiger partial charge in [0.1, 0.15) is 5.69 Å². The molecule has 0 radical (unpaired) electrons. The Balaban J connectivity index is 2.53. The van der Waals surface area contributed by atoms with Crippen molar-refractivity contribution < 1.29 is 4.85 Å². The molecule has 0 unspecified atom stereocenters. The number of rotatable bonds is 1. The highest BCUT2D eigenvalue weighted by Gasteiger charge is 2.05. The van der Waals surface area contributed by atoms with Crippen molar-refractivity contribution in [3.63, 3.8) is 0 Å². The van der Waals surface area contributed by atoms with Crippen molar-refractivity contribution in [3.05, 3.63) is 46.3 Å². The maximum Gasteiger partial charge on any atom is 0.207 e. The first-order valence-electron chi connectivity index (χ1n) is 3.67. The fourth-order valence-corrected chi connectivity index (χ4v) is 1.43. The number of hydrogen-bond acceptors (Lipinski definition) is 2. The molecule has 0 saturated heterocycles. The molecule has 13 heavy (non-hydrogen) atoms. The lowest BCUT2D eigenvalue weighted by Gasteiger charge is -2.02. The van der Waals surface area contributed by atoms with Gasteiger partial charge in [0, 0.05) is 9.57 Å². The van der Waals surface area contributed by atoms with Crippen LogP contribution in [0.4, 0.5) is 0 Å². The molecule has 2 rings (SSSR count). The molecule has 0 bridgehead atoms. The van der Waals surface area contributed by atoms with Crippen molar-refractivity contribution in [1.82, 2.24) is 9.90 Å². The third-order valence-electron chi connectivity index (χ3n) is 1.60. The van der Waals surface area contributed by atoms with E-state index in [1.165, 1.54) is 17.2 Å². The molecule has 0 fully saturated rings. The van der Waals surface area contributed by atoms with Crippen LogP contribution in [0.3, 0.4) is 0 Å². The van der Waals surface area contributed by atoms with Crippen LogP contribution in [0.1, 0.15) is 0 Å². The number of nitrogens with zero attached hydrogens (tertiary/aromatic N) is 3. The zero-order valence-electron chi connectivity index (χ0n) is 6.59. The molecule has 0 aliphatic rings. The summed E-state index contributed by atoms with van der Waals surface area (Å²) in [4.78, 5) is 1.94. The van der Waals surface area contributed by atoms with E-state index in [0.29, 0.717) is 4.85 Å². The third kappa shape index (κ3) is 1.55. The van der Waals surface area contributed by atoms with Crippen LogP contribution in [0, 0.1) is 5.21 Å². The van der Waals surface area contributed by atoms with Crippen molar-refractivity contribution in [1.29, 1.82) is 0 Å². The van der Waals surface area contributed by atoms with Crippen LogP contribution in [-0.4, -0.2) is 9.90 Å². The first kappa shape index (κ1) is 8.25. The van der Waals surface area contributed by atoms with E-state index in [2.05, 4.69) is 21.0 Å². The topological polar surface area (TPSA) is 44.8 Å². The minimum Gasteiger partial charge on any atom is -0.692 e. The van der Waals surface area contributed by atoms with Crippen LogP contribution in [-0.2, 0) is 0 Å². The molecule has 0 aliphatic carbocycles. The van der Waals surface area contributed by atoms with Gasteiger partial charge in [0.05, 0.1) is 0 Å². The average molecular weight is 240 g/mol. The van der Waals surface area contributed by atoms with E-state index >= 15 is 0 Å². The predicted octanol–water partition coefficient (Wildman–Crippen LogP) is 1.27. The molecule has 0 atom stereocenters. The fraction of sp³-hybridized carbons (Fsp3) is 0. The van der Waals surface area contributed by atoms with E-state index < -0.39 is 0 Å². The quantitative estimate of drug-likeness (QED) is 0.556. The van der Waals surface area contributed by atoms with Gasteiger partial charge in [-0.3, -0.25) is 0 Å². The van der Waals surface area contributed by atoms with Gasteiger partial charge in [-0.15, -0.1) is 0 Å². The first-order chi connectivity index (χ1) is 6.27. The summed E-state index contributed by atoms with van der Waals surface area (Å²) < 4.78 is 0.917. The van der Waals surface area contributed by atoms with Gasteiger partial charge in [-0.05, 0) is 23.0 Å². The van der Waals surface area contributed by atoms with Gasteiger partial charge in [-0.25, -0.2) is 0 Å². The molecule has 0 amide bonds. The summed E-state index contributed by atoms with van der Waals surface area (Å²) in [7, 11) is 0. The molecule has 1 aromatic heterocycles. The van der Waals surface area contributed by atoms with E-state index in [9.17, 15) is 5.21 Å². The monoisotopic (exact) mass is 239 g/mol. The normalized spacial score (nSPS) is 10.2. The van der Waals surface area contributed by atoms with Crippen LogP contribution in [0.5, 0.6) is 0 Å². The molecule has 4 nitrogen and oxygen atoms in total. The van der Waals surface area contributed by atoms with Crippen molar-refractivity contribution in [2.75, 3.05) is 0 Å². The number of benzene rings is 1. The molecule has 0 spiro atoms. The Hall–Kier alpha value is -1.36. The predicted molar refractivity (Wildman–Crippen MR) is 50.2 cm³/mol. The molecule has 66 valence electrons. The Morgan fingerprint density at radius 3 is 2.92 bits per heavy atom. The second kappa shape index (κ2) is 3.18. The summed E-state index contributed by atoms with van der Waals surface area (Å²) in [6.45, 7) is 0. The molecular formula is C8H6BrN3O. The Morgan fingerprint density at radius 2 is 2.31 bits per heavy atom. The van der Waals surface area contributed by atoms with Crippen LogP contribution in [0.25, 0.3) is 5.69 Å². The Bertz CT molecular complexity index is 427.